The molecule has 0 aliphatic carbocycles. The summed E-state index contributed by atoms with van der Waals surface area (Å²) in [6.07, 6.45) is 2.24. The van der Waals surface area contributed by atoms with Crippen molar-refractivity contribution in [1.29, 1.82) is 5.26 Å². The highest BCUT2D eigenvalue weighted by Gasteiger charge is 2.22. The number of hydrogen-bond acceptors (Lipinski definition) is 5. The number of rotatable bonds is 10. The van der Waals surface area contributed by atoms with Gasteiger partial charge >= 0.3 is 5.97 Å². The summed E-state index contributed by atoms with van der Waals surface area (Å²) in [6, 6.07) is 8.35. The molecule has 0 saturated carbocycles. The lowest BCUT2D eigenvalue weighted by Crippen LogP contribution is -2.42. The molecule has 7 nitrogen and oxygen atoms in total. The Kier molecular flexibility index (Phi) is 8.71. The number of ether oxygens (including phenoxy) is 1. The van der Waals surface area contributed by atoms with Crippen molar-refractivity contribution >= 4 is 11.9 Å². The van der Waals surface area contributed by atoms with E-state index in [2.05, 4.69) is 10.6 Å². The number of benzene rings is 1. The van der Waals surface area contributed by atoms with Gasteiger partial charge in [0, 0.05) is 12.7 Å². The predicted octanol–water partition coefficient (Wildman–Crippen LogP) is 1.85. The molecule has 1 aromatic rings. The fourth-order valence-corrected chi connectivity index (χ4v) is 2.37. The third kappa shape index (κ3) is 6.85. The highest BCUT2D eigenvalue weighted by Crippen LogP contribution is 2.17. The number of nitrogens with one attached hydrogen (secondary N) is 2. The van der Waals surface area contributed by atoms with Crippen LogP contribution in [0.2, 0.25) is 0 Å². The van der Waals surface area contributed by atoms with Crippen molar-refractivity contribution < 1.29 is 19.4 Å². The highest BCUT2D eigenvalue weighted by molar-refractivity contribution is 5.99. The zero-order valence-electron chi connectivity index (χ0n) is 15.3. The Labute approximate surface area is 153 Å². The lowest BCUT2D eigenvalue weighted by atomic mass is 10.0. The van der Waals surface area contributed by atoms with Crippen LogP contribution in [0.25, 0.3) is 0 Å². The Bertz CT molecular complexity index is 692. The maximum atomic E-state index is 12.1. The van der Waals surface area contributed by atoms with Crippen LogP contribution in [0.4, 0.5) is 0 Å². The van der Waals surface area contributed by atoms with Crippen LogP contribution in [0.15, 0.2) is 36.0 Å². The number of amides is 1. The van der Waals surface area contributed by atoms with Gasteiger partial charge in [0.15, 0.2) is 0 Å². The van der Waals surface area contributed by atoms with Gasteiger partial charge in [0.2, 0.25) is 0 Å². The molecule has 0 spiro atoms. The minimum Gasteiger partial charge on any atom is -0.496 e. The largest absolute Gasteiger partial charge is 0.496 e. The molecule has 0 bridgehead atoms. The monoisotopic (exact) mass is 359 g/mol. The summed E-state index contributed by atoms with van der Waals surface area (Å²) in [5.74, 6) is -0.946. The predicted molar refractivity (Wildman–Crippen MR) is 97.4 cm³/mol. The molecule has 1 amide bonds. The van der Waals surface area contributed by atoms with Gasteiger partial charge in [-0.25, -0.2) is 4.79 Å². The summed E-state index contributed by atoms with van der Waals surface area (Å²) < 4.78 is 5.27. The number of carbonyl (C=O) groups is 2. The van der Waals surface area contributed by atoms with E-state index in [1.165, 1.54) is 6.20 Å². The molecule has 0 radical (unpaired) electrons. The van der Waals surface area contributed by atoms with Crippen LogP contribution in [0.1, 0.15) is 25.8 Å². The van der Waals surface area contributed by atoms with Crippen molar-refractivity contribution in [1.82, 2.24) is 10.6 Å². The Morgan fingerprint density at radius 3 is 2.62 bits per heavy atom. The minimum absolute atomic E-state index is 0.102. The van der Waals surface area contributed by atoms with Crippen molar-refractivity contribution in [3.05, 3.63) is 41.6 Å². The molecular weight excluding hydrogens is 334 g/mol. The molecule has 0 heterocycles. The van der Waals surface area contributed by atoms with Gasteiger partial charge in [-0.3, -0.25) is 4.79 Å². The van der Waals surface area contributed by atoms with E-state index in [4.69, 9.17) is 10.00 Å². The average molecular weight is 359 g/mol. The standard InChI is InChI=1S/C19H25N3O4/c1-13(2)10-16(19(24)25)22-18(23)15(11-20)12-21-9-8-14-6-4-5-7-17(14)26-3/h4-7,12-13,16,21H,8-10H2,1-3H3,(H,22,23)(H,24,25)/b15-12-. The number of carboxylic acids is 1. The molecule has 0 aliphatic heterocycles. The SMILES string of the molecule is COc1ccccc1CCN/C=C(/C#N)C(=O)NC(CC(C)C)C(=O)O. The van der Waals surface area contributed by atoms with Crippen LogP contribution in [-0.2, 0) is 16.0 Å². The second-order valence-electron chi connectivity index (χ2n) is 6.18. The Morgan fingerprint density at radius 2 is 2.04 bits per heavy atom. The van der Waals surface area contributed by atoms with Crippen LogP contribution >= 0.6 is 0 Å². The third-order valence-corrected chi connectivity index (χ3v) is 3.65. The fourth-order valence-electron chi connectivity index (χ4n) is 2.37. The first kappa shape index (κ1) is 21.0. The van der Waals surface area contributed by atoms with Gasteiger partial charge in [0.1, 0.15) is 23.4 Å². The number of aliphatic carboxylic acids is 1. The van der Waals surface area contributed by atoms with E-state index in [0.29, 0.717) is 19.4 Å². The molecule has 1 rings (SSSR count). The van der Waals surface area contributed by atoms with Crippen LogP contribution in [0.3, 0.4) is 0 Å². The van der Waals surface area contributed by atoms with Gasteiger partial charge in [-0.05, 0) is 30.4 Å². The van der Waals surface area contributed by atoms with Gasteiger partial charge in [-0.2, -0.15) is 5.26 Å². The molecule has 26 heavy (non-hydrogen) atoms. The van der Waals surface area contributed by atoms with Gasteiger partial charge < -0.3 is 20.5 Å². The molecule has 140 valence electrons. The minimum atomic E-state index is -1.12. The zero-order chi connectivity index (χ0) is 19.5. The average Bonchev–Trinajstić information content (AvgIpc) is 2.60. The first-order valence-corrected chi connectivity index (χ1v) is 8.38. The molecule has 0 fully saturated rings. The van der Waals surface area contributed by atoms with E-state index < -0.39 is 17.9 Å². The second-order valence-corrected chi connectivity index (χ2v) is 6.18. The van der Waals surface area contributed by atoms with E-state index in [1.54, 1.807) is 13.2 Å². The first-order valence-electron chi connectivity index (χ1n) is 8.38. The number of hydrogen-bond donors (Lipinski definition) is 3. The van der Waals surface area contributed by atoms with Crippen molar-refractivity contribution in [3.63, 3.8) is 0 Å². The lowest BCUT2D eigenvalue weighted by Gasteiger charge is -2.16. The Morgan fingerprint density at radius 1 is 1.35 bits per heavy atom. The van der Waals surface area contributed by atoms with Crippen LogP contribution in [0.5, 0.6) is 5.75 Å². The van der Waals surface area contributed by atoms with Crippen molar-refractivity contribution in [3.8, 4) is 11.8 Å². The van der Waals surface area contributed by atoms with E-state index in [1.807, 2.05) is 38.1 Å². The molecule has 1 atom stereocenters. The summed E-state index contributed by atoms with van der Waals surface area (Å²) in [5.41, 5.74) is 0.835. The number of carbonyl (C=O) groups excluding carboxylic acids is 1. The van der Waals surface area contributed by atoms with Crippen LogP contribution < -0.4 is 15.4 Å². The van der Waals surface area contributed by atoms with Gasteiger partial charge in [0.05, 0.1) is 7.11 Å². The smallest absolute Gasteiger partial charge is 0.326 e. The van der Waals surface area contributed by atoms with E-state index in [-0.39, 0.29) is 11.5 Å². The Balaban J connectivity index is 2.62. The molecule has 0 aliphatic rings. The first-order chi connectivity index (χ1) is 12.4. The van der Waals surface area contributed by atoms with Gasteiger partial charge in [-0.1, -0.05) is 32.0 Å². The maximum absolute atomic E-state index is 12.1. The highest BCUT2D eigenvalue weighted by atomic mass is 16.5. The van der Waals surface area contributed by atoms with E-state index in [0.717, 1.165) is 11.3 Å². The van der Waals surface area contributed by atoms with Crippen molar-refractivity contribution in [2.24, 2.45) is 5.92 Å². The normalized spacial score (nSPS) is 12.2. The lowest BCUT2D eigenvalue weighted by molar-refractivity contribution is -0.141. The molecule has 0 aromatic heterocycles. The summed E-state index contributed by atoms with van der Waals surface area (Å²) in [7, 11) is 1.60. The van der Waals surface area contributed by atoms with Crippen molar-refractivity contribution in [2.75, 3.05) is 13.7 Å². The number of nitrogens with zero attached hydrogens (tertiary/aromatic N) is 1. The number of methoxy groups -OCH3 is 1. The van der Waals surface area contributed by atoms with Crippen LogP contribution in [-0.4, -0.2) is 36.7 Å². The Hall–Kier alpha value is -3.01. The topological polar surface area (TPSA) is 111 Å². The molecule has 3 N–H and O–H groups in total. The fraction of sp³-hybridized carbons (Fsp3) is 0.421. The van der Waals surface area contributed by atoms with Crippen LogP contribution in [0, 0.1) is 17.2 Å². The quantitative estimate of drug-likeness (QED) is 0.334. The van der Waals surface area contributed by atoms with Crippen molar-refractivity contribution in [2.45, 2.75) is 32.7 Å². The number of carboxylic acid groups (broad SMARTS) is 1. The molecule has 1 aromatic carbocycles. The zero-order valence-corrected chi connectivity index (χ0v) is 15.3. The third-order valence-electron chi connectivity index (χ3n) is 3.65. The van der Waals surface area contributed by atoms with Gasteiger partial charge in [-0.15, -0.1) is 0 Å². The molecule has 7 heteroatoms. The maximum Gasteiger partial charge on any atom is 0.326 e. The summed E-state index contributed by atoms with van der Waals surface area (Å²) in [5, 5.41) is 23.6. The number of nitriles is 1. The summed E-state index contributed by atoms with van der Waals surface area (Å²) in [4.78, 5) is 23.3. The number of para-hydroxylation sites is 1. The van der Waals surface area contributed by atoms with E-state index in [9.17, 15) is 14.7 Å². The molecule has 1 unspecified atom stereocenters. The molecule has 0 saturated heterocycles. The summed E-state index contributed by atoms with van der Waals surface area (Å²) in [6.45, 7) is 4.22. The molecular formula is C19H25N3O4. The second kappa shape index (κ2) is 10.8. The summed E-state index contributed by atoms with van der Waals surface area (Å²) >= 11 is 0. The van der Waals surface area contributed by atoms with E-state index >= 15 is 0 Å². The van der Waals surface area contributed by atoms with Gasteiger partial charge in [0.25, 0.3) is 5.91 Å².